The lowest BCUT2D eigenvalue weighted by Gasteiger charge is -2.09. The average Bonchev–Trinajstić information content (AvgIpc) is 2.40. The quantitative estimate of drug-likeness (QED) is 0.532. The monoisotopic (exact) mass is 296 g/mol. The van der Waals surface area contributed by atoms with E-state index in [1.54, 1.807) is 0 Å². The van der Waals surface area contributed by atoms with Gasteiger partial charge in [-0.25, -0.2) is 14.0 Å². The molecule has 1 aromatic carbocycles. The molecule has 1 aromatic rings. The van der Waals surface area contributed by atoms with Crippen molar-refractivity contribution in [3.05, 3.63) is 41.7 Å². The van der Waals surface area contributed by atoms with Gasteiger partial charge in [-0.3, -0.25) is 0 Å². The van der Waals surface area contributed by atoms with Gasteiger partial charge in [-0.05, 0) is 25.1 Å². The summed E-state index contributed by atoms with van der Waals surface area (Å²) in [5.74, 6) is -1.92. The van der Waals surface area contributed by atoms with Gasteiger partial charge in [-0.2, -0.15) is 0 Å². The molecule has 0 aromatic heterocycles. The van der Waals surface area contributed by atoms with E-state index in [9.17, 15) is 14.0 Å². The Bertz CT molecular complexity index is 546. The second-order valence-corrected chi connectivity index (χ2v) is 4.39. The van der Waals surface area contributed by atoms with Crippen LogP contribution in [0.25, 0.3) is 0 Å². The van der Waals surface area contributed by atoms with Crippen LogP contribution in [0.3, 0.4) is 0 Å². The van der Waals surface area contributed by atoms with Crippen LogP contribution in [0.1, 0.15) is 17.3 Å². The van der Waals surface area contributed by atoms with Crippen LogP contribution in [0, 0.1) is 5.82 Å². The molecule has 114 valence electrons. The van der Waals surface area contributed by atoms with Gasteiger partial charge in [0.05, 0.1) is 24.5 Å². The summed E-state index contributed by atoms with van der Waals surface area (Å²) >= 11 is 0. The summed E-state index contributed by atoms with van der Waals surface area (Å²) in [6.45, 7) is 6.41. The first-order valence-electron chi connectivity index (χ1n) is 6.20. The molecule has 0 aliphatic heterocycles. The van der Waals surface area contributed by atoms with Gasteiger partial charge < -0.3 is 20.5 Å². The highest BCUT2D eigenvalue weighted by molar-refractivity contribution is 5.93. The number of benzene rings is 1. The second kappa shape index (κ2) is 8.01. The van der Waals surface area contributed by atoms with Crippen molar-refractivity contribution in [3.8, 4) is 0 Å². The van der Waals surface area contributed by atoms with Gasteiger partial charge in [0.25, 0.3) is 0 Å². The van der Waals surface area contributed by atoms with Gasteiger partial charge in [0.2, 0.25) is 0 Å². The molecule has 6 nitrogen and oxygen atoms in total. The number of halogens is 1. The number of carbonyl (C=O) groups is 2. The van der Waals surface area contributed by atoms with Crippen LogP contribution in [0.5, 0.6) is 0 Å². The molecule has 1 rings (SSSR count). The Morgan fingerprint density at radius 2 is 2.14 bits per heavy atom. The van der Waals surface area contributed by atoms with Gasteiger partial charge in [-0.15, -0.1) is 0 Å². The average molecular weight is 296 g/mol. The van der Waals surface area contributed by atoms with E-state index in [4.69, 9.17) is 9.84 Å². The molecule has 0 heterocycles. The Kier molecular flexibility index (Phi) is 6.35. The van der Waals surface area contributed by atoms with E-state index in [-0.39, 0.29) is 24.4 Å². The molecule has 2 amide bonds. The Balaban J connectivity index is 2.45. The number of rotatable bonds is 7. The molecular weight excluding hydrogens is 279 g/mol. The summed E-state index contributed by atoms with van der Waals surface area (Å²) in [6, 6.07) is 2.51. The van der Waals surface area contributed by atoms with Gasteiger partial charge in [0.15, 0.2) is 0 Å². The molecule has 0 atom stereocenters. The Hall–Kier alpha value is -2.41. The van der Waals surface area contributed by atoms with Crippen molar-refractivity contribution in [2.75, 3.05) is 25.1 Å². The van der Waals surface area contributed by atoms with E-state index in [0.29, 0.717) is 6.61 Å². The molecule has 0 radical (unpaired) electrons. The van der Waals surface area contributed by atoms with E-state index in [0.717, 1.165) is 23.8 Å². The van der Waals surface area contributed by atoms with Crippen molar-refractivity contribution in [1.82, 2.24) is 5.32 Å². The predicted molar refractivity (Wildman–Crippen MR) is 76.0 cm³/mol. The van der Waals surface area contributed by atoms with Crippen LogP contribution in [0.4, 0.5) is 14.9 Å². The SMILES string of the molecule is C=C(C)COCCNC(=O)Nc1cc(C(=O)O)ccc1F. The van der Waals surface area contributed by atoms with Crippen LogP contribution in [0.2, 0.25) is 0 Å². The van der Waals surface area contributed by atoms with Crippen LogP contribution < -0.4 is 10.6 Å². The minimum atomic E-state index is -1.20. The third kappa shape index (κ3) is 6.05. The topological polar surface area (TPSA) is 87.7 Å². The van der Waals surface area contributed by atoms with Crippen LogP contribution in [-0.4, -0.2) is 36.9 Å². The fourth-order valence-electron chi connectivity index (χ4n) is 1.40. The maximum atomic E-state index is 13.5. The highest BCUT2D eigenvalue weighted by Crippen LogP contribution is 2.16. The zero-order valence-electron chi connectivity index (χ0n) is 11.6. The predicted octanol–water partition coefficient (Wildman–Crippen LogP) is 2.24. The number of ether oxygens (including phenoxy) is 1. The Morgan fingerprint density at radius 3 is 2.76 bits per heavy atom. The largest absolute Gasteiger partial charge is 0.478 e. The smallest absolute Gasteiger partial charge is 0.335 e. The van der Waals surface area contributed by atoms with Crippen molar-refractivity contribution in [1.29, 1.82) is 0 Å². The van der Waals surface area contributed by atoms with Gasteiger partial charge >= 0.3 is 12.0 Å². The molecule has 0 unspecified atom stereocenters. The summed E-state index contributed by atoms with van der Waals surface area (Å²) in [4.78, 5) is 22.3. The molecule has 7 heteroatoms. The molecule has 0 aliphatic rings. The van der Waals surface area contributed by atoms with E-state index < -0.39 is 17.8 Å². The zero-order valence-corrected chi connectivity index (χ0v) is 11.6. The normalized spacial score (nSPS) is 10.0. The first-order valence-corrected chi connectivity index (χ1v) is 6.20. The summed E-state index contributed by atoms with van der Waals surface area (Å²) < 4.78 is 18.6. The first kappa shape index (κ1) is 16.6. The van der Waals surface area contributed by atoms with Crippen LogP contribution >= 0.6 is 0 Å². The number of carboxylic acid groups (broad SMARTS) is 1. The number of amides is 2. The minimum absolute atomic E-state index is 0.114. The summed E-state index contributed by atoms with van der Waals surface area (Å²) in [5, 5.41) is 13.5. The van der Waals surface area contributed by atoms with Crippen molar-refractivity contribution >= 4 is 17.7 Å². The molecule has 0 saturated heterocycles. The molecule has 0 spiro atoms. The van der Waals surface area contributed by atoms with Crippen LogP contribution in [-0.2, 0) is 4.74 Å². The molecular formula is C14H17FN2O4. The third-order valence-corrected chi connectivity index (χ3v) is 2.34. The van der Waals surface area contributed by atoms with Gasteiger partial charge in [-0.1, -0.05) is 12.2 Å². The number of hydrogen-bond donors (Lipinski definition) is 3. The number of urea groups is 1. The highest BCUT2D eigenvalue weighted by atomic mass is 19.1. The molecule has 0 aliphatic carbocycles. The maximum absolute atomic E-state index is 13.5. The van der Waals surface area contributed by atoms with E-state index in [1.165, 1.54) is 0 Å². The maximum Gasteiger partial charge on any atom is 0.335 e. The van der Waals surface area contributed by atoms with Crippen molar-refractivity contribution in [3.63, 3.8) is 0 Å². The second-order valence-electron chi connectivity index (χ2n) is 4.39. The molecule has 0 saturated carbocycles. The molecule has 0 bridgehead atoms. The lowest BCUT2D eigenvalue weighted by molar-refractivity contribution is 0.0697. The standard InChI is InChI=1S/C14H17FN2O4/c1-9(2)8-21-6-5-16-14(20)17-12-7-10(13(18)19)3-4-11(12)15/h3-4,7H,1,5-6,8H2,2H3,(H,18,19)(H2,16,17,20). The number of carbonyl (C=O) groups excluding carboxylic acids is 1. The third-order valence-electron chi connectivity index (χ3n) is 2.34. The van der Waals surface area contributed by atoms with E-state index in [1.807, 2.05) is 6.92 Å². The Labute approximate surface area is 121 Å². The number of anilines is 1. The first-order chi connectivity index (χ1) is 9.90. The van der Waals surface area contributed by atoms with Crippen LogP contribution in [0.15, 0.2) is 30.4 Å². The van der Waals surface area contributed by atoms with Crippen molar-refractivity contribution in [2.45, 2.75) is 6.92 Å². The number of carboxylic acids is 1. The summed E-state index contributed by atoms with van der Waals surface area (Å²) in [6.07, 6.45) is 0. The minimum Gasteiger partial charge on any atom is -0.478 e. The fourth-order valence-corrected chi connectivity index (χ4v) is 1.40. The fraction of sp³-hybridized carbons (Fsp3) is 0.286. The van der Waals surface area contributed by atoms with Crippen molar-refractivity contribution in [2.24, 2.45) is 0 Å². The summed E-state index contributed by atoms with van der Waals surface area (Å²) in [7, 11) is 0. The number of hydrogen-bond acceptors (Lipinski definition) is 3. The molecule has 0 fully saturated rings. The number of nitrogens with one attached hydrogen (secondary N) is 2. The van der Waals surface area contributed by atoms with Gasteiger partial charge in [0.1, 0.15) is 5.82 Å². The summed E-state index contributed by atoms with van der Waals surface area (Å²) in [5.41, 5.74) is 0.554. The highest BCUT2D eigenvalue weighted by Gasteiger charge is 2.10. The van der Waals surface area contributed by atoms with E-state index in [2.05, 4.69) is 17.2 Å². The van der Waals surface area contributed by atoms with Gasteiger partial charge in [0, 0.05) is 6.54 Å². The number of aromatic carboxylic acids is 1. The lowest BCUT2D eigenvalue weighted by Crippen LogP contribution is -2.32. The van der Waals surface area contributed by atoms with E-state index >= 15 is 0 Å². The zero-order chi connectivity index (χ0) is 15.8. The molecule has 21 heavy (non-hydrogen) atoms. The Morgan fingerprint density at radius 1 is 1.43 bits per heavy atom. The van der Waals surface area contributed by atoms with Crippen molar-refractivity contribution < 1.29 is 23.8 Å². The molecule has 3 N–H and O–H groups in total. The lowest BCUT2D eigenvalue weighted by atomic mass is 10.2.